The molecule has 0 aliphatic carbocycles. The second-order valence-electron chi connectivity index (χ2n) is 3.50. The molecule has 0 bridgehead atoms. The van der Waals surface area contributed by atoms with Crippen LogP contribution >= 0.6 is 34.8 Å². The number of fused-ring (bicyclic) bond motifs is 1. The van der Waals surface area contributed by atoms with Crippen LogP contribution in [0.4, 0.5) is 11.4 Å². The van der Waals surface area contributed by atoms with Gasteiger partial charge >= 0.3 is 0 Å². The van der Waals surface area contributed by atoms with Crippen LogP contribution < -0.4 is 11.1 Å². The number of rotatable bonds is 2. The first-order chi connectivity index (χ1) is 8.06. The summed E-state index contributed by atoms with van der Waals surface area (Å²) in [6.07, 6.45) is 1.55. The molecular weight excluding hydrogens is 281 g/mol. The van der Waals surface area contributed by atoms with Crippen molar-refractivity contribution in [3.8, 4) is 0 Å². The molecule has 1 aromatic carbocycles. The van der Waals surface area contributed by atoms with E-state index in [0.717, 1.165) is 0 Å². The lowest BCUT2D eigenvalue weighted by Gasteiger charge is -2.13. The number of aromatic nitrogens is 1. The van der Waals surface area contributed by atoms with Crippen molar-refractivity contribution >= 4 is 57.1 Å². The number of nitrogens with one attached hydrogen (secondary N) is 1. The molecule has 0 saturated heterocycles. The quantitative estimate of drug-likeness (QED) is 0.815. The van der Waals surface area contributed by atoms with Crippen LogP contribution in [0.25, 0.3) is 10.9 Å². The van der Waals surface area contributed by atoms with Gasteiger partial charge in [-0.15, -0.1) is 0 Å². The van der Waals surface area contributed by atoms with E-state index in [-0.39, 0.29) is 0 Å². The number of anilines is 2. The number of hydrogen-bond acceptors (Lipinski definition) is 3. The summed E-state index contributed by atoms with van der Waals surface area (Å²) in [5.74, 6) is 0. The number of hydrogen-bond donors (Lipinski definition) is 2. The van der Waals surface area contributed by atoms with Gasteiger partial charge in [-0.05, 0) is 13.0 Å². The highest BCUT2D eigenvalue weighted by Gasteiger charge is 2.15. The third-order valence-electron chi connectivity index (χ3n) is 2.37. The van der Waals surface area contributed by atoms with E-state index in [1.165, 1.54) is 0 Å². The molecule has 17 heavy (non-hydrogen) atoms. The van der Waals surface area contributed by atoms with Crippen molar-refractivity contribution in [2.24, 2.45) is 0 Å². The Morgan fingerprint density at radius 3 is 2.65 bits per heavy atom. The van der Waals surface area contributed by atoms with Crippen molar-refractivity contribution in [3.63, 3.8) is 0 Å². The predicted molar refractivity (Wildman–Crippen MR) is 75.3 cm³/mol. The molecule has 0 unspecified atom stereocenters. The van der Waals surface area contributed by atoms with Crippen LogP contribution in [0.15, 0.2) is 12.3 Å². The first-order valence-electron chi connectivity index (χ1n) is 5.01. The summed E-state index contributed by atoms with van der Waals surface area (Å²) in [6, 6.07) is 1.58. The SMILES string of the molecule is CCNc1c(N)cnc2c(Cl)cc(Cl)c(Cl)c12. The molecule has 0 aliphatic heterocycles. The second kappa shape index (κ2) is 4.77. The molecule has 3 N–H and O–H groups in total. The van der Waals surface area contributed by atoms with E-state index in [0.29, 0.717) is 43.9 Å². The van der Waals surface area contributed by atoms with Crippen molar-refractivity contribution in [2.45, 2.75) is 6.92 Å². The molecule has 1 aromatic heterocycles. The first-order valence-corrected chi connectivity index (χ1v) is 6.15. The molecule has 90 valence electrons. The van der Waals surface area contributed by atoms with Gasteiger partial charge in [0.1, 0.15) is 0 Å². The lowest BCUT2D eigenvalue weighted by molar-refractivity contribution is 1.22. The molecule has 1 heterocycles. The molecule has 0 radical (unpaired) electrons. The van der Waals surface area contributed by atoms with E-state index in [9.17, 15) is 0 Å². The Morgan fingerprint density at radius 2 is 2.00 bits per heavy atom. The van der Waals surface area contributed by atoms with Gasteiger partial charge in [-0.1, -0.05) is 34.8 Å². The predicted octanol–water partition coefficient (Wildman–Crippen LogP) is 4.21. The van der Waals surface area contributed by atoms with E-state index in [1.807, 2.05) is 6.92 Å². The van der Waals surface area contributed by atoms with E-state index in [2.05, 4.69) is 10.3 Å². The maximum atomic E-state index is 6.18. The average Bonchev–Trinajstić information content (AvgIpc) is 2.29. The highest BCUT2D eigenvalue weighted by atomic mass is 35.5. The smallest absolute Gasteiger partial charge is 0.0926 e. The van der Waals surface area contributed by atoms with Crippen LogP contribution in [0.1, 0.15) is 6.92 Å². The summed E-state index contributed by atoms with van der Waals surface area (Å²) in [6.45, 7) is 2.68. The summed E-state index contributed by atoms with van der Waals surface area (Å²) in [5.41, 5.74) is 7.69. The summed E-state index contributed by atoms with van der Waals surface area (Å²) in [7, 11) is 0. The van der Waals surface area contributed by atoms with Crippen LogP contribution in [0.3, 0.4) is 0 Å². The Hall–Kier alpha value is -0.900. The van der Waals surface area contributed by atoms with E-state index in [1.54, 1.807) is 12.3 Å². The zero-order chi connectivity index (χ0) is 12.6. The van der Waals surface area contributed by atoms with Gasteiger partial charge in [0.05, 0.1) is 38.2 Å². The van der Waals surface area contributed by atoms with Crippen LogP contribution in [0, 0.1) is 0 Å². The maximum Gasteiger partial charge on any atom is 0.0926 e. The van der Waals surface area contributed by atoms with Crippen molar-refractivity contribution in [2.75, 3.05) is 17.6 Å². The molecule has 0 spiro atoms. The molecule has 0 saturated carbocycles. The summed E-state index contributed by atoms with van der Waals surface area (Å²) in [4.78, 5) is 4.19. The highest BCUT2D eigenvalue weighted by Crippen LogP contribution is 2.40. The topological polar surface area (TPSA) is 50.9 Å². The Bertz CT molecular complexity index is 584. The minimum Gasteiger partial charge on any atom is -0.396 e. The summed E-state index contributed by atoms with van der Waals surface area (Å²) in [5, 5.41) is 5.05. The number of halogens is 3. The minimum absolute atomic E-state index is 0.385. The molecule has 0 aliphatic rings. The van der Waals surface area contributed by atoms with Crippen LogP contribution in [-0.2, 0) is 0 Å². The van der Waals surface area contributed by atoms with Crippen LogP contribution in [0.2, 0.25) is 15.1 Å². The van der Waals surface area contributed by atoms with Crippen LogP contribution in [-0.4, -0.2) is 11.5 Å². The number of nitrogens with zero attached hydrogens (tertiary/aromatic N) is 1. The Kier molecular flexibility index (Phi) is 3.52. The van der Waals surface area contributed by atoms with Gasteiger partial charge in [0.2, 0.25) is 0 Å². The van der Waals surface area contributed by atoms with E-state index >= 15 is 0 Å². The van der Waals surface area contributed by atoms with E-state index in [4.69, 9.17) is 40.5 Å². The van der Waals surface area contributed by atoms with Gasteiger partial charge in [0, 0.05) is 11.9 Å². The van der Waals surface area contributed by atoms with Crippen molar-refractivity contribution < 1.29 is 0 Å². The number of pyridine rings is 1. The fourth-order valence-electron chi connectivity index (χ4n) is 1.65. The van der Waals surface area contributed by atoms with Gasteiger partial charge < -0.3 is 11.1 Å². The number of nitrogen functional groups attached to an aromatic ring is 1. The normalized spacial score (nSPS) is 10.8. The van der Waals surface area contributed by atoms with E-state index < -0.39 is 0 Å². The Labute approximate surface area is 114 Å². The van der Waals surface area contributed by atoms with Gasteiger partial charge in [-0.3, -0.25) is 4.98 Å². The molecule has 6 heteroatoms. The third kappa shape index (κ3) is 2.10. The fourth-order valence-corrected chi connectivity index (χ4v) is 2.40. The highest BCUT2D eigenvalue weighted by molar-refractivity contribution is 6.48. The zero-order valence-corrected chi connectivity index (χ0v) is 11.3. The molecule has 0 fully saturated rings. The number of benzene rings is 1. The monoisotopic (exact) mass is 289 g/mol. The minimum atomic E-state index is 0.385. The van der Waals surface area contributed by atoms with Gasteiger partial charge in [0.25, 0.3) is 0 Å². The standard InChI is InChI=1S/C11H10Cl3N3/c1-2-16-11-7(15)4-17-10-6(13)3-5(12)9(14)8(10)11/h3-4H,2,15H2,1H3,(H,16,17). The molecule has 0 amide bonds. The van der Waals surface area contributed by atoms with Gasteiger partial charge in [-0.25, -0.2) is 0 Å². The maximum absolute atomic E-state index is 6.18. The van der Waals surface area contributed by atoms with Crippen molar-refractivity contribution in [3.05, 3.63) is 27.3 Å². The number of nitrogens with two attached hydrogens (primary N) is 1. The van der Waals surface area contributed by atoms with Crippen LogP contribution in [0.5, 0.6) is 0 Å². The fraction of sp³-hybridized carbons (Fsp3) is 0.182. The largest absolute Gasteiger partial charge is 0.396 e. The Balaban J connectivity index is 2.91. The third-order valence-corrected chi connectivity index (χ3v) is 3.45. The lowest BCUT2D eigenvalue weighted by Crippen LogP contribution is -2.03. The molecule has 0 atom stereocenters. The van der Waals surface area contributed by atoms with Crippen molar-refractivity contribution in [1.29, 1.82) is 0 Å². The molecule has 2 rings (SSSR count). The molecule has 3 nitrogen and oxygen atoms in total. The average molecular weight is 291 g/mol. The van der Waals surface area contributed by atoms with Crippen molar-refractivity contribution in [1.82, 2.24) is 4.98 Å². The van der Waals surface area contributed by atoms with Gasteiger partial charge in [-0.2, -0.15) is 0 Å². The van der Waals surface area contributed by atoms with Gasteiger partial charge in [0.15, 0.2) is 0 Å². The molecule has 2 aromatic rings. The lowest BCUT2D eigenvalue weighted by atomic mass is 10.1. The summed E-state index contributed by atoms with van der Waals surface area (Å²) < 4.78 is 0. The second-order valence-corrected chi connectivity index (χ2v) is 4.69. The Morgan fingerprint density at radius 1 is 1.29 bits per heavy atom. The summed E-state index contributed by atoms with van der Waals surface area (Å²) >= 11 is 18.3. The molecular formula is C11H10Cl3N3. The zero-order valence-electron chi connectivity index (χ0n) is 9.02. The first kappa shape index (κ1) is 12.6.